The minimum Gasteiger partial charge on any atom is -0.399 e. The molecular weight excluding hydrogens is 162 g/mol. The average molecular weight is 179 g/mol. The lowest BCUT2D eigenvalue weighted by Gasteiger charge is -1.83. The minimum atomic E-state index is 0.733. The number of para-hydroxylation sites is 1. The number of hydrogen-bond donors (Lipinski definition) is 1. The standard InChI is InChI=1S/C6H7N.C5H10O/c7-6-4-2-1-3-5-6;1-2-3-4-5-6/h1-5H,7H2;5H,2-4H2,1H3. The first-order chi connectivity index (χ1) is 6.31. The summed E-state index contributed by atoms with van der Waals surface area (Å²) in [4.78, 5) is 9.56. The fraction of sp³-hybridized carbons (Fsp3) is 0.364. The number of nitrogen functional groups attached to an aromatic ring is 1. The summed E-state index contributed by atoms with van der Waals surface area (Å²) >= 11 is 0. The van der Waals surface area contributed by atoms with Crippen LogP contribution >= 0.6 is 0 Å². The van der Waals surface area contributed by atoms with E-state index in [9.17, 15) is 4.79 Å². The van der Waals surface area contributed by atoms with E-state index in [0.717, 1.165) is 31.2 Å². The van der Waals surface area contributed by atoms with E-state index in [0.29, 0.717) is 0 Å². The van der Waals surface area contributed by atoms with Crippen LogP contribution < -0.4 is 5.73 Å². The van der Waals surface area contributed by atoms with Gasteiger partial charge < -0.3 is 10.5 Å². The van der Waals surface area contributed by atoms with Gasteiger partial charge in [0, 0.05) is 12.1 Å². The quantitative estimate of drug-likeness (QED) is 0.440. The highest BCUT2D eigenvalue weighted by Gasteiger charge is 1.75. The second-order valence-electron chi connectivity index (χ2n) is 2.72. The summed E-state index contributed by atoms with van der Waals surface area (Å²) in [5.74, 6) is 0. The van der Waals surface area contributed by atoms with Crippen LogP contribution in [-0.4, -0.2) is 6.29 Å². The molecule has 0 aliphatic carbocycles. The molecule has 0 aliphatic rings. The van der Waals surface area contributed by atoms with E-state index < -0.39 is 0 Å². The van der Waals surface area contributed by atoms with Crippen LogP contribution in [0, 0.1) is 0 Å². The van der Waals surface area contributed by atoms with Gasteiger partial charge in [-0.2, -0.15) is 0 Å². The van der Waals surface area contributed by atoms with Crippen LogP contribution in [0.15, 0.2) is 30.3 Å². The first-order valence-corrected chi connectivity index (χ1v) is 4.55. The molecule has 1 aromatic rings. The maximum atomic E-state index is 9.56. The van der Waals surface area contributed by atoms with Gasteiger partial charge in [-0.1, -0.05) is 31.5 Å². The van der Waals surface area contributed by atoms with Gasteiger partial charge in [0.15, 0.2) is 0 Å². The molecule has 0 bridgehead atoms. The van der Waals surface area contributed by atoms with Crippen molar-refractivity contribution in [3.05, 3.63) is 30.3 Å². The second kappa shape index (κ2) is 8.78. The topological polar surface area (TPSA) is 43.1 Å². The van der Waals surface area contributed by atoms with Crippen molar-refractivity contribution in [1.82, 2.24) is 0 Å². The predicted octanol–water partition coefficient (Wildman–Crippen LogP) is 2.64. The highest BCUT2D eigenvalue weighted by Crippen LogP contribution is 1.95. The van der Waals surface area contributed by atoms with Gasteiger partial charge >= 0.3 is 0 Å². The maximum Gasteiger partial charge on any atom is 0.119 e. The van der Waals surface area contributed by atoms with Crippen molar-refractivity contribution in [2.75, 3.05) is 5.73 Å². The molecule has 0 unspecified atom stereocenters. The Kier molecular flexibility index (Phi) is 7.90. The summed E-state index contributed by atoms with van der Waals surface area (Å²) in [6, 6.07) is 9.49. The number of carbonyl (C=O) groups excluding carboxylic acids is 1. The highest BCUT2D eigenvalue weighted by atomic mass is 16.1. The van der Waals surface area contributed by atoms with E-state index in [1.54, 1.807) is 0 Å². The lowest BCUT2D eigenvalue weighted by molar-refractivity contribution is -0.107. The van der Waals surface area contributed by atoms with Crippen LogP contribution in [-0.2, 0) is 4.79 Å². The smallest absolute Gasteiger partial charge is 0.119 e. The van der Waals surface area contributed by atoms with Crippen LogP contribution in [0.25, 0.3) is 0 Å². The normalized spacial score (nSPS) is 8.38. The zero-order chi connectivity index (χ0) is 9.94. The Hall–Kier alpha value is -1.31. The third-order valence-corrected chi connectivity index (χ3v) is 1.48. The molecule has 0 atom stereocenters. The van der Waals surface area contributed by atoms with Crippen LogP contribution in [0.2, 0.25) is 0 Å². The van der Waals surface area contributed by atoms with Crippen LogP contribution in [0.4, 0.5) is 5.69 Å². The predicted molar refractivity (Wildman–Crippen MR) is 56.4 cm³/mol. The number of nitrogens with two attached hydrogens (primary N) is 1. The molecule has 0 saturated carbocycles. The fourth-order valence-electron chi connectivity index (χ4n) is 0.740. The van der Waals surface area contributed by atoms with Crippen molar-refractivity contribution < 1.29 is 4.79 Å². The Morgan fingerprint density at radius 1 is 1.31 bits per heavy atom. The summed E-state index contributed by atoms with van der Waals surface area (Å²) in [5.41, 5.74) is 6.18. The van der Waals surface area contributed by atoms with E-state index in [1.807, 2.05) is 30.3 Å². The Bertz CT molecular complexity index is 209. The van der Waals surface area contributed by atoms with Crippen molar-refractivity contribution in [1.29, 1.82) is 0 Å². The van der Waals surface area contributed by atoms with Gasteiger partial charge in [0.1, 0.15) is 6.29 Å². The molecule has 13 heavy (non-hydrogen) atoms. The number of anilines is 1. The summed E-state index contributed by atoms with van der Waals surface area (Å²) < 4.78 is 0. The van der Waals surface area contributed by atoms with Gasteiger partial charge in [0.2, 0.25) is 0 Å². The molecule has 0 fully saturated rings. The molecule has 72 valence electrons. The lowest BCUT2D eigenvalue weighted by Crippen LogP contribution is -1.79. The minimum absolute atomic E-state index is 0.733. The van der Waals surface area contributed by atoms with Gasteiger partial charge in [-0.15, -0.1) is 0 Å². The number of rotatable bonds is 3. The molecule has 0 aromatic heterocycles. The second-order valence-corrected chi connectivity index (χ2v) is 2.72. The molecule has 1 aromatic carbocycles. The van der Waals surface area contributed by atoms with E-state index in [2.05, 4.69) is 6.92 Å². The van der Waals surface area contributed by atoms with E-state index in [-0.39, 0.29) is 0 Å². The number of benzene rings is 1. The molecule has 0 heterocycles. The zero-order valence-corrected chi connectivity index (χ0v) is 8.07. The zero-order valence-electron chi connectivity index (χ0n) is 8.07. The highest BCUT2D eigenvalue weighted by molar-refractivity contribution is 5.48. The molecule has 2 heteroatoms. The van der Waals surface area contributed by atoms with E-state index in [4.69, 9.17) is 5.73 Å². The van der Waals surface area contributed by atoms with Crippen molar-refractivity contribution >= 4 is 12.0 Å². The Morgan fingerprint density at radius 3 is 2.15 bits per heavy atom. The lowest BCUT2D eigenvalue weighted by atomic mass is 10.3. The summed E-state index contributed by atoms with van der Waals surface area (Å²) in [6.07, 6.45) is 3.86. The summed E-state index contributed by atoms with van der Waals surface area (Å²) in [6.45, 7) is 2.07. The molecule has 0 radical (unpaired) electrons. The Morgan fingerprint density at radius 2 is 1.92 bits per heavy atom. The first kappa shape index (κ1) is 11.7. The number of hydrogen-bond acceptors (Lipinski definition) is 2. The molecule has 0 saturated heterocycles. The van der Waals surface area contributed by atoms with Crippen LogP contribution in [0.3, 0.4) is 0 Å². The number of aldehydes is 1. The summed E-state index contributed by atoms with van der Waals surface area (Å²) in [7, 11) is 0. The number of carbonyl (C=O) groups is 1. The first-order valence-electron chi connectivity index (χ1n) is 4.55. The third-order valence-electron chi connectivity index (χ3n) is 1.48. The van der Waals surface area contributed by atoms with Gasteiger partial charge in [-0.3, -0.25) is 0 Å². The van der Waals surface area contributed by atoms with Crippen molar-refractivity contribution in [2.45, 2.75) is 26.2 Å². The van der Waals surface area contributed by atoms with Gasteiger partial charge in [-0.25, -0.2) is 0 Å². The molecule has 0 aliphatic heterocycles. The van der Waals surface area contributed by atoms with Gasteiger partial charge in [-0.05, 0) is 18.6 Å². The van der Waals surface area contributed by atoms with Crippen molar-refractivity contribution in [2.24, 2.45) is 0 Å². The fourth-order valence-corrected chi connectivity index (χ4v) is 0.740. The van der Waals surface area contributed by atoms with Gasteiger partial charge in [0.05, 0.1) is 0 Å². The largest absolute Gasteiger partial charge is 0.399 e. The van der Waals surface area contributed by atoms with E-state index in [1.165, 1.54) is 0 Å². The monoisotopic (exact) mass is 179 g/mol. The Labute approximate surface area is 79.8 Å². The molecule has 0 amide bonds. The average Bonchev–Trinajstić information content (AvgIpc) is 2.17. The van der Waals surface area contributed by atoms with Crippen molar-refractivity contribution in [3.8, 4) is 0 Å². The molecule has 0 spiro atoms. The van der Waals surface area contributed by atoms with Crippen LogP contribution in [0.5, 0.6) is 0 Å². The van der Waals surface area contributed by atoms with Crippen LogP contribution in [0.1, 0.15) is 26.2 Å². The molecular formula is C11H17NO. The maximum absolute atomic E-state index is 9.56. The van der Waals surface area contributed by atoms with Gasteiger partial charge in [0.25, 0.3) is 0 Å². The molecule has 2 N–H and O–H groups in total. The number of unbranched alkanes of at least 4 members (excludes halogenated alkanes) is 2. The van der Waals surface area contributed by atoms with Crippen molar-refractivity contribution in [3.63, 3.8) is 0 Å². The molecule has 1 rings (SSSR count). The summed E-state index contributed by atoms with van der Waals surface area (Å²) in [5, 5.41) is 0. The molecule has 2 nitrogen and oxygen atoms in total. The van der Waals surface area contributed by atoms with E-state index >= 15 is 0 Å². The SMILES string of the molecule is CCCCC=O.Nc1ccccc1. The Balaban J connectivity index is 0.000000226. The third kappa shape index (κ3) is 8.60.